The van der Waals surface area contributed by atoms with Crippen molar-refractivity contribution in [2.24, 2.45) is 0 Å². The van der Waals surface area contributed by atoms with E-state index in [0.29, 0.717) is 0 Å². The van der Waals surface area contributed by atoms with Gasteiger partial charge in [-0.2, -0.15) is 0 Å². The van der Waals surface area contributed by atoms with Gasteiger partial charge in [-0.25, -0.2) is 9.97 Å². The first-order valence-corrected chi connectivity index (χ1v) is 10.4. The van der Waals surface area contributed by atoms with Crippen molar-refractivity contribution in [3.05, 3.63) is 59.7 Å². The van der Waals surface area contributed by atoms with E-state index in [2.05, 4.69) is 40.4 Å². The van der Waals surface area contributed by atoms with E-state index in [1.54, 1.807) is 18.4 Å². The molecule has 0 saturated carbocycles. The normalized spacial score (nSPS) is 11.1. The zero-order valence-corrected chi connectivity index (χ0v) is 17.0. The van der Waals surface area contributed by atoms with Gasteiger partial charge in [0.2, 0.25) is 0 Å². The molecule has 0 radical (unpaired) electrons. The summed E-state index contributed by atoms with van der Waals surface area (Å²) in [5.41, 5.74) is 4.36. The van der Waals surface area contributed by atoms with Gasteiger partial charge in [0.05, 0.1) is 23.8 Å². The number of para-hydroxylation sites is 2. The Kier molecular flexibility index (Phi) is 5.58. The van der Waals surface area contributed by atoms with Crippen LogP contribution in [-0.2, 0) is 13.0 Å². The van der Waals surface area contributed by atoms with Crippen LogP contribution < -0.4 is 10.1 Å². The van der Waals surface area contributed by atoms with Crippen LogP contribution in [0.15, 0.2) is 53.9 Å². The largest absolute Gasteiger partial charge is 0.497 e. The fourth-order valence-electron chi connectivity index (χ4n) is 3.32. The molecule has 0 unspecified atom stereocenters. The summed E-state index contributed by atoms with van der Waals surface area (Å²) in [5.74, 6) is 1.98. The highest BCUT2D eigenvalue weighted by Crippen LogP contribution is 2.26. The van der Waals surface area contributed by atoms with Crippen LogP contribution in [0.2, 0.25) is 0 Å². The van der Waals surface area contributed by atoms with Gasteiger partial charge in [-0.3, -0.25) is 0 Å². The third kappa shape index (κ3) is 3.87. The van der Waals surface area contributed by atoms with Gasteiger partial charge in [-0.15, -0.1) is 11.3 Å². The smallest absolute Gasteiger partial charge is 0.183 e. The zero-order valence-electron chi connectivity index (χ0n) is 16.2. The number of nitrogens with zero attached hydrogens (tertiary/aromatic N) is 3. The third-order valence-corrected chi connectivity index (χ3v) is 5.50. The van der Waals surface area contributed by atoms with Crippen LogP contribution in [-0.4, -0.2) is 28.2 Å². The van der Waals surface area contributed by atoms with Crippen LogP contribution in [0.4, 0.5) is 5.13 Å². The van der Waals surface area contributed by atoms with Crippen LogP contribution in [0.3, 0.4) is 0 Å². The number of aryl methyl sites for hydroxylation is 1. The van der Waals surface area contributed by atoms with Gasteiger partial charge >= 0.3 is 0 Å². The average molecular weight is 393 g/mol. The quantitative estimate of drug-likeness (QED) is 0.446. The summed E-state index contributed by atoms with van der Waals surface area (Å²) in [4.78, 5) is 9.53. The second-order valence-corrected chi connectivity index (χ2v) is 7.47. The Hall–Kier alpha value is -2.86. The highest BCUT2D eigenvalue weighted by Gasteiger charge is 2.10. The molecule has 0 aliphatic rings. The Labute approximate surface area is 169 Å². The van der Waals surface area contributed by atoms with Crippen molar-refractivity contribution in [3.63, 3.8) is 0 Å². The van der Waals surface area contributed by atoms with Crippen molar-refractivity contribution < 1.29 is 4.74 Å². The molecule has 0 spiro atoms. The highest BCUT2D eigenvalue weighted by molar-refractivity contribution is 7.14. The number of fused-ring (bicyclic) bond motifs is 1. The molecular formula is C22H24N4OS. The zero-order chi connectivity index (χ0) is 19.3. The summed E-state index contributed by atoms with van der Waals surface area (Å²) in [5, 5.41) is 6.46. The number of ether oxygens (including phenoxy) is 1. The van der Waals surface area contributed by atoms with E-state index in [4.69, 9.17) is 14.7 Å². The SMILES string of the molecule is CCCn1c(CCNc2nc(-c3ccc(OC)cc3)cs2)nc2ccccc21. The fraction of sp³-hybridized carbons (Fsp3) is 0.273. The van der Waals surface area contributed by atoms with Gasteiger partial charge in [0, 0.05) is 30.5 Å². The Morgan fingerprint density at radius 1 is 1.07 bits per heavy atom. The van der Waals surface area contributed by atoms with Crippen LogP contribution in [0.5, 0.6) is 5.75 Å². The van der Waals surface area contributed by atoms with E-state index < -0.39 is 0 Å². The number of imidazole rings is 1. The van der Waals surface area contributed by atoms with Crippen molar-refractivity contribution in [1.29, 1.82) is 0 Å². The second-order valence-electron chi connectivity index (χ2n) is 6.61. The summed E-state index contributed by atoms with van der Waals surface area (Å²) >= 11 is 1.63. The summed E-state index contributed by atoms with van der Waals surface area (Å²) in [6.45, 7) is 4.00. The van der Waals surface area contributed by atoms with Gasteiger partial charge in [0.1, 0.15) is 11.6 Å². The lowest BCUT2D eigenvalue weighted by Crippen LogP contribution is -2.10. The summed E-state index contributed by atoms with van der Waals surface area (Å²) in [6.07, 6.45) is 1.96. The summed E-state index contributed by atoms with van der Waals surface area (Å²) in [7, 11) is 1.68. The van der Waals surface area contributed by atoms with E-state index in [9.17, 15) is 0 Å². The molecular weight excluding hydrogens is 368 g/mol. The Morgan fingerprint density at radius 3 is 2.68 bits per heavy atom. The monoisotopic (exact) mass is 392 g/mol. The molecule has 2 aromatic heterocycles. The van der Waals surface area contributed by atoms with Crippen LogP contribution in [0.1, 0.15) is 19.2 Å². The number of methoxy groups -OCH3 is 1. The first-order valence-electron chi connectivity index (χ1n) is 9.56. The molecule has 6 heteroatoms. The van der Waals surface area contributed by atoms with Gasteiger partial charge in [-0.1, -0.05) is 19.1 Å². The Morgan fingerprint density at radius 2 is 1.89 bits per heavy atom. The molecule has 4 rings (SSSR count). The molecule has 2 aromatic carbocycles. The van der Waals surface area contributed by atoms with Crippen LogP contribution in [0.25, 0.3) is 22.3 Å². The van der Waals surface area contributed by atoms with Crippen molar-refractivity contribution in [3.8, 4) is 17.0 Å². The maximum Gasteiger partial charge on any atom is 0.183 e. The third-order valence-electron chi connectivity index (χ3n) is 4.70. The van der Waals surface area contributed by atoms with E-state index in [0.717, 1.165) is 59.4 Å². The minimum atomic E-state index is 0.808. The first-order chi connectivity index (χ1) is 13.8. The van der Waals surface area contributed by atoms with Crippen molar-refractivity contribution in [1.82, 2.24) is 14.5 Å². The molecule has 28 heavy (non-hydrogen) atoms. The Balaban J connectivity index is 1.42. The van der Waals surface area contributed by atoms with E-state index in [1.165, 1.54) is 5.52 Å². The average Bonchev–Trinajstić information content (AvgIpc) is 3.34. The van der Waals surface area contributed by atoms with Crippen molar-refractivity contribution in [2.75, 3.05) is 19.0 Å². The second kappa shape index (κ2) is 8.44. The molecule has 4 aromatic rings. The molecule has 144 valence electrons. The van der Waals surface area contributed by atoms with Crippen LogP contribution >= 0.6 is 11.3 Å². The lowest BCUT2D eigenvalue weighted by atomic mass is 10.2. The number of anilines is 1. The number of thiazole rings is 1. The predicted octanol–water partition coefficient (Wildman–Crippen LogP) is 5.23. The lowest BCUT2D eigenvalue weighted by Gasteiger charge is -2.08. The summed E-state index contributed by atoms with van der Waals surface area (Å²) < 4.78 is 7.55. The first kappa shape index (κ1) is 18.5. The molecule has 0 atom stereocenters. The maximum atomic E-state index is 5.22. The number of benzene rings is 2. The topological polar surface area (TPSA) is 52.0 Å². The van der Waals surface area contributed by atoms with E-state index >= 15 is 0 Å². The predicted molar refractivity (Wildman–Crippen MR) is 116 cm³/mol. The van der Waals surface area contributed by atoms with Gasteiger partial charge in [0.15, 0.2) is 5.13 Å². The molecule has 2 heterocycles. The number of hydrogen-bond donors (Lipinski definition) is 1. The molecule has 0 saturated heterocycles. The van der Waals surface area contributed by atoms with Gasteiger partial charge in [0.25, 0.3) is 0 Å². The molecule has 0 aliphatic heterocycles. The molecule has 1 N–H and O–H groups in total. The molecule has 5 nitrogen and oxygen atoms in total. The van der Waals surface area contributed by atoms with Crippen molar-refractivity contribution >= 4 is 27.5 Å². The van der Waals surface area contributed by atoms with Gasteiger partial charge in [-0.05, 0) is 42.8 Å². The minimum Gasteiger partial charge on any atom is -0.497 e. The van der Waals surface area contributed by atoms with Crippen molar-refractivity contribution in [2.45, 2.75) is 26.3 Å². The number of rotatable bonds is 8. The minimum absolute atomic E-state index is 0.808. The molecule has 0 bridgehead atoms. The molecule has 0 amide bonds. The lowest BCUT2D eigenvalue weighted by molar-refractivity contribution is 0.415. The van der Waals surface area contributed by atoms with E-state index in [1.807, 2.05) is 30.3 Å². The van der Waals surface area contributed by atoms with Crippen LogP contribution in [0, 0.1) is 0 Å². The maximum absolute atomic E-state index is 5.22. The van der Waals surface area contributed by atoms with E-state index in [-0.39, 0.29) is 0 Å². The number of hydrogen-bond acceptors (Lipinski definition) is 5. The fourth-order valence-corrected chi connectivity index (χ4v) is 4.07. The highest BCUT2D eigenvalue weighted by atomic mass is 32.1. The number of aromatic nitrogens is 3. The summed E-state index contributed by atoms with van der Waals surface area (Å²) in [6, 6.07) is 16.3. The molecule has 0 aliphatic carbocycles. The Bertz CT molecular complexity index is 1050. The van der Waals surface area contributed by atoms with Gasteiger partial charge < -0.3 is 14.6 Å². The standard InChI is InChI=1S/C22H24N4OS/c1-3-14-26-20-7-5-4-6-18(20)24-21(26)12-13-23-22-25-19(15-28-22)16-8-10-17(27-2)11-9-16/h4-11,15H,3,12-14H2,1-2H3,(H,23,25). The number of nitrogens with one attached hydrogen (secondary N) is 1. The molecule has 0 fully saturated rings.